The third-order valence-electron chi connectivity index (χ3n) is 5.93. The van der Waals surface area contributed by atoms with Gasteiger partial charge in [0, 0.05) is 32.1 Å². The number of ether oxygens (including phenoxy) is 2. The Morgan fingerprint density at radius 3 is 2.58 bits per heavy atom. The molecule has 176 valence electrons. The summed E-state index contributed by atoms with van der Waals surface area (Å²) in [7, 11) is 2.01. The third kappa shape index (κ3) is 7.73. The number of halogens is 1. The fraction of sp³-hybridized carbons (Fsp3) is 0.727. The summed E-state index contributed by atoms with van der Waals surface area (Å²) < 4.78 is 13.2. The maximum absolute atomic E-state index is 12.8. The van der Waals surface area contributed by atoms with Gasteiger partial charge in [0.2, 0.25) is 0 Å². The highest BCUT2D eigenvalue weighted by atomic mass is 127. The largest absolute Gasteiger partial charge is 0.457 e. The molecule has 0 aromatic rings. The molecule has 0 spiro atoms. The molecular weight excluding hydrogens is 515 g/mol. The summed E-state index contributed by atoms with van der Waals surface area (Å²) in [6.45, 7) is 8.04. The second kappa shape index (κ2) is 11.6. The predicted octanol–water partition coefficient (Wildman–Crippen LogP) is 2.48. The van der Waals surface area contributed by atoms with Crippen LogP contribution in [0, 0.1) is 5.92 Å². The molecule has 31 heavy (non-hydrogen) atoms. The van der Waals surface area contributed by atoms with Crippen LogP contribution in [-0.4, -0.2) is 89.2 Å². The minimum absolute atomic E-state index is 0.150. The van der Waals surface area contributed by atoms with Crippen molar-refractivity contribution in [3.8, 4) is 0 Å². The highest BCUT2D eigenvalue weighted by Gasteiger charge is 2.36. The van der Waals surface area contributed by atoms with Crippen molar-refractivity contribution in [2.75, 3.05) is 33.2 Å². The van der Waals surface area contributed by atoms with Crippen LogP contribution in [-0.2, 0) is 14.3 Å². The van der Waals surface area contributed by atoms with Crippen LogP contribution in [0.15, 0.2) is 21.8 Å². The normalized spacial score (nSPS) is 35.5. The van der Waals surface area contributed by atoms with E-state index in [1.165, 1.54) is 0 Å². The lowest BCUT2D eigenvalue weighted by molar-refractivity contribution is -0.151. The zero-order chi connectivity index (χ0) is 23.2. The van der Waals surface area contributed by atoms with Crippen molar-refractivity contribution in [2.24, 2.45) is 5.92 Å². The number of aliphatic hydroxyl groups excluding tert-OH is 1. The zero-order valence-electron chi connectivity index (χ0n) is 18.8. The number of cyclic esters (lactones) is 1. The van der Waals surface area contributed by atoms with Crippen molar-refractivity contribution in [1.82, 2.24) is 9.80 Å². The summed E-state index contributed by atoms with van der Waals surface area (Å²) in [5.41, 5.74) is -0.526. The van der Waals surface area contributed by atoms with Gasteiger partial charge in [0.15, 0.2) is 6.10 Å². The Hall–Kier alpha value is -1.17. The molecule has 5 atom stereocenters. The summed E-state index contributed by atoms with van der Waals surface area (Å²) in [6.07, 6.45) is 0.871. The van der Waals surface area contributed by atoms with E-state index in [0.29, 0.717) is 13.1 Å². The lowest BCUT2D eigenvalue weighted by Crippen LogP contribution is -2.50. The summed E-state index contributed by atoms with van der Waals surface area (Å²) in [5.74, 6) is -0.694. The average molecular weight is 550 g/mol. The second-order valence-corrected chi connectivity index (χ2v) is 9.48. The maximum Gasteiger partial charge on any atom is 0.410 e. The molecule has 2 rings (SSSR count). The summed E-state index contributed by atoms with van der Waals surface area (Å²) in [5, 5.41) is 21.4. The van der Waals surface area contributed by atoms with Crippen LogP contribution in [0.1, 0.15) is 40.0 Å². The average Bonchev–Trinajstić information content (AvgIpc) is 2.72. The molecular formula is C22H35IN2O6. The maximum atomic E-state index is 12.8. The van der Waals surface area contributed by atoms with Gasteiger partial charge < -0.3 is 29.5 Å². The molecule has 2 aliphatic heterocycles. The molecule has 0 aromatic carbocycles. The van der Waals surface area contributed by atoms with E-state index in [2.05, 4.69) is 27.5 Å². The van der Waals surface area contributed by atoms with Crippen LogP contribution in [0.3, 0.4) is 0 Å². The number of hydrogen-bond acceptors (Lipinski definition) is 7. The van der Waals surface area contributed by atoms with Crippen LogP contribution in [0.25, 0.3) is 0 Å². The molecule has 8 nitrogen and oxygen atoms in total. The number of nitrogens with zero attached hydrogens (tertiary/aromatic N) is 2. The van der Waals surface area contributed by atoms with Crippen molar-refractivity contribution in [2.45, 2.75) is 63.9 Å². The van der Waals surface area contributed by atoms with Crippen molar-refractivity contribution in [3.05, 3.63) is 21.8 Å². The Morgan fingerprint density at radius 2 is 1.97 bits per heavy atom. The molecule has 2 aliphatic rings. The van der Waals surface area contributed by atoms with Gasteiger partial charge in [-0.3, -0.25) is 4.79 Å². The number of rotatable bonds is 2. The van der Waals surface area contributed by atoms with Crippen LogP contribution < -0.4 is 0 Å². The number of carbonyl (C=O) groups excluding carboxylic acids is 2. The van der Waals surface area contributed by atoms with Crippen LogP contribution in [0.5, 0.6) is 0 Å². The number of carbonyl (C=O) groups is 2. The number of aliphatic hydroxyl groups is 2. The smallest absolute Gasteiger partial charge is 0.410 e. The van der Waals surface area contributed by atoms with Crippen LogP contribution >= 0.6 is 22.6 Å². The van der Waals surface area contributed by atoms with Crippen LogP contribution in [0.4, 0.5) is 4.79 Å². The fourth-order valence-electron chi connectivity index (χ4n) is 3.69. The monoisotopic (exact) mass is 550 g/mol. The fourth-order valence-corrected chi connectivity index (χ4v) is 4.04. The van der Waals surface area contributed by atoms with E-state index in [4.69, 9.17) is 9.47 Å². The van der Waals surface area contributed by atoms with Gasteiger partial charge in [0.1, 0.15) is 11.7 Å². The Bertz CT molecular complexity index is 687. The summed E-state index contributed by atoms with van der Waals surface area (Å²) in [4.78, 5) is 28.8. The Kier molecular flexibility index (Phi) is 9.78. The summed E-state index contributed by atoms with van der Waals surface area (Å²) >= 11 is 2.10. The lowest BCUT2D eigenvalue weighted by atomic mass is 9.89. The first-order valence-electron chi connectivity index (χ1n) is 10.7. The van der Waals surface area contributed by atoms with E-state index >= 15 is 0 Å². The third-order valence-corrected chi connectivity index (χ3v) is 6.92. The van der Waals surface area contributed by atoms with Gasteiger partial charge in [0.05, 0.1) is 12.5 Å². The van der Waals surface area contributed by atoms with E-state index < -0.39 is 36.0 Å². The van der Waals surface area contributed by atoms with Crippen molar-refractivity contribution >= 4 is 34.7 Å². The predicted molar refractivity (Wildman–Crippen MR) is 126 cm³/mol. The van der Waals surface area contributed by atoms with Gasteiger partial charge in [-0.1, -0.05) is 35.6 Å². The Labute approximate surface area is 198 Å². The number of likely N-dealkylation sites (N-methyl/N-ethyl adjacent to an activating group) is 1. The van der Waals surface area contributed by atoms with Gasteiger partial charge >= 0.3 is 12.1 Å². The van der Waals surface area contributed by atoms with E-state index in [0.717, 1.165) is 18.7 Å². The van der Waals surface area contributed by atoms with Gasteiger partial charge in [-0.05, 0) is 49.5 Å². The van der Waals surface area contributed by atoms with E-state index in [1.807, 2.05) is 31.1 Å². The molecule has 0 aromatic heterocycles. The Morgan fingerprint density at radius 1 is 1.32 bits per heavy atom. The Balaban J connectivity index is 2.26. The molecule has 2 N–H and O–H groups in total. The van der Waals surface area contributed by atoms with Gasteiger partial charge in [-0.2, -0.15) is 0 Å². The first-order valence-corrected chi connectivity index (χ1v) is 12.0. The van der Waals surface area contributed by atoms with Crippen molar-refractivity contribution in [1.29, 1.82) is 0 Å². The van der Waals surface area contributed by atoms with Gasteiger partial charge in [-0.25, -0.2) is 4.79 Å². The molecule has 9 heteroatoms. The molecule has 0 unspecified atom stereocenters. The highest BCUT2D eigenvalue weighted by Crippen LogP contribution is 2.27. The number of esters is 1. The number of amides is 1. The van der Waals surface area contributed by atoms with E-state index in [9.17, 15) is 19.8 Å². The minimum atomic E-state index is -1.40. The standard InChI is InChI=1S/C22H35IN2O6/c1-15-5-6-18(30-21(28)25-11-9-24(4)10-12-25)22(3,29)8-7-17(26)13-19(27)31-20(15)16(2)14-23/h5-6,14-15,17-18,20,26,29H,7-13H2,1-4H3/b6-5+,16-14+/t15-,17+,18-,20-,22+/m0/s1. The lowest BCUT2D eigenvalue weighted by Gasteiger charge is -2.36. The molecule has 0 radical (unpaired) electrons. The quantitative estimate of drug-likeness (QED) is 0.310. The van der Waals surface area contributed by atoms with E-state index in [1.54, 1.807) is 17.9 Å². The summed E-state index contributed by atoms with van der Waals surface area (Å²) in [6, 6.07) is 0. The molecule has 1 saturated heterocycles. The van der Waals surface area contributed by atoms with Crippen LogP contribution in [0.2, 0.25) is 0 Å². The van der Waals surface area contributed by atoms with Crippen molar-refractivity contribution < 1.29 is 29.3 Å². The SMILES string of the molecule is C/C(=C\I)[C@H]1OC(=O)C[C@H](O)CC[C@@](C)(O)[C@@H](OC(=O)N2CCN(C)CC2)/C=C/[C@@H]1C. The molecule has 2 heterocycles. The first kappa shape index (κ1) is 26.1. The highest BCUT2D eigenvalue weighted by molar-refractivity contribution is 14.1. The number of piperazine rings is 1. The molecule has 1 amide bonds. The number of hydrogen-bond donors (Lipinski definition) is 2. The molecule has 0 aliphatic carbocycles. The minimum Gasteiger partial charge on any atom is -0.457 e. The van der Waals surface area contributed by atoms with Gasteiger partial charge in [0.25, 0.3) is 0 Å². The topological polar surface area (TPSA) is 99.5 Å². The second-order valence-electron chi connectivity index (χ2n) is 8.86. The molecule has 0 saturated carbocycles. The van der Waals surface area contributed by atoms with Crippen molar-refractivity contribution in [3.63, 3.8) is 0 Å². The van der Waals surface area contributed by atoms with Gasteiger partial charge in [-0.15, -0.1) is 0 Å². The molecule has 1 fully saturated rings. The first-order chi connectivity index (χ1) is 14.5. The van der Waals surface area contributed by atoms with E-state index in [-0.39, 0.29) is 25.2 Å². The zero-order valence-corrected chi connectivity index (χ0v) is 20.9. The molecule has 0 bridgehead atoms.